The average Bonchev–Trinajstić information content (AvgIpc) is 2.53. The molecule has 2 rings (SSSR count). The predicted molar refractivity (Wildman–Crippen MR) is 88.6 cm³/mol. The highest BCUT2D eigenvalue weighted by Gasteiger charge is 2.13. The summed E-state index contributed by atoms with van der Waals surface area (Å²) in [5, 5.41) is 2.74. The molecule has 0 radical (unpaired) electrons. The van der Waals surface area contributed by atoms with E-state index in [2.05, 4.69) is 5.32 Å². The summed E-state index contributed by atoms with van der Waals surface area (Å²) in [6.45, 7) is 0. The standard InChI is InChI=1S/C18H18N2O2/c1-20(2)18(22)15-10-6-7-11-16(15)19-17(21)13-12-14-8-4-3-5-9-14/h3-13H,1-2H3,(H,19,21). The minimum Gasteiger partial charge on any atom is -0.345 e. The summed E-state index contributed by atoms with van der Waals surface area (Å²) in [6, 6.07) is 16.5. The van der Waals surface area contributed by atoms with Crippen molar-refractivity contribution in [2.24, 2.45) is 0 Å². The predicted octanol–water partition coefficient (Wildman–Crippen LogP) is 3.04. The van der Waals surface area contributed by atoms with Crippen molar-refractivity contribution in [1.82, 2.24) is 4.90 Å². The van der Waals surface area contributed by atoms with Crippen LogP contribution in [0.15, 0.2) is 60.7 Å². The molecule has 4 heteroatoms. The van der Waals surface area contributed by atoms with Crippen LogP contribution in [0, 0.1) is 0 Å². The Morgan fingerprint density at radius 2 is 1.59 bits per heavy atom. The van der Waals surface area contributed by atoms with Gasteiger partial charge < -0.3 is 10.2 Å². The number of para-hydroxylation sites is 1. The van der Waals surface area contributed by atoms with E-state index in [9.17, 15) is 9.59 Å². The minimum atomic E-state index is -0.275. The zero-order valence-corrected chi connectivity index (χ0v) is 12.6. The Hall–Kier alpha value is -2.88. The van der Waals surface area contributed by atoms with E-state index in [1.54, 1.807) is 44.4 Å². The number of hydrogen-bond donors (Lipinski definition) is 1. The van der Waals surface area contributed by atoms with Crippen LogP contribution in [0.25, 0.3) is 6.08 Å². The van der Waals surface area contributed by atoms with E-state index in [1.807, 2.05) is 30.3 Å². The molecule has 112 valence electrons. The molecule has 4 nitrogen and oxygen atoms in total. The Bertz CT molecular complexity index is 691. The summed E-state index contributed by atoms with van der Waals surface area (Å²) in [4.78, 5) is 25.6. The van der Waals surface area contributed by atoms with Gasteiger partial charge in [-0.15, -0.1) is 0 Å². The first kappa shape index (κ1) is 15.5. The van der Waals surface area contributed by atoms with Gasteiger partial charge in [0.1, 0.15) is 0 Å². The zero-order valence-electron chi connectivity index (χ0n) is 12.6. The molecule has 0 bridgehead atoms. The van der Waals surface area contributed by atoms with E-state index in [0.29, 0.717) is 11.3 Å². The third-order valence-electron chi connectivity index (χ3n) is 3.05. The largest absolute Gasteiger partial charge is 0.345 e. The minimum absolute atomic E-state index is 0.150. The Morgan fingerprint density at radius 3 is 2.27 bits per heavy atom. The van der Waals surface area contributed by atoms with Crippen LogP contribution in [0.1, 0.15) is 15.9 Å². The maximum atomic E-state index is 12.1. The molecule has 0 aliphatic heterocycles. The highest BCUT2D eigenvalue weighted by Crippen LogP contribution is 2.16. The number of anilines is 1. The first-order valence-electron chi connectivity index (χ1n) is 6.92. The second-order valence-electron chi connectivity index (χ2n) is 4.98. The summed E-state index contributed by atoms with van der Waals surface area (Å²) in [7, 11) is 3.35. The summed E-state index contributed by atoms with van der Waals surface area (Å²) >= 11 is 0. The smallest absolute Gasteiger partial charge is 0.255 e. The number of amides is 2. The van der Waals surface area contributed by atoms with Gasteiger partial charge in [-0.05, 0) is 23.8 Å². The second kappa shape index (κ2) is 7.22. The van der Waals surface area contributed by atoms with Crippen LogP contribution in [0.2, 0.25) is 0 Å². The molecule has 2 amide bonds. The number of nitrogens with zero attached hydrogens (tertiary/aromatic N) is 1. The van der Waals surface area contributed by atoms with Crippen molar-refractivity contribution in [3.05, 3.63) is 71.8 Å². The van der Waals surface area contributed by atoms with Crippen LogP contribution in [0.4, 0.5) is 5.69 Å². The van der Waals surface area contributed by atoms with Crippen molar-refractivity contribution in [2.75, 3.05) is 19.4 Å². The molecule has 2 aromatic rings. The van der Waals surface area contributed by atoms with Crippen molar-refractivity contribution in [3.8, 4) is 0 Å². The molecular weight excluding hydrogens is 276 g/mol. The third-order valence-corrected chi connectivity index (χ3v) is 3.05. The highest BCUT2D eigenvalue weighted by atomic mass is 16.2. The van der Waals surface area contributed by atoms with Gasteiger partial charge in [0.15, 0.2) is 0 Å². The van der Waals surface area contributed by atoms with Crippen molar-refractivity contribution in [1.29, 1.82) is 0 Å². The molecular formula is C18H18N2O2. The lowest BCUT2D eigenvalue weighted by Gasteiger charge is -2.14. The van der Waals surface area contributed by atoms with E-state index in [-0.39, 0.29) is 11.8 Å². The number of nitrogens with one attached hydrogen (secondary N) is 1. The van der Waals surface area contributed by atoms with E-state index in [1.165, 1.54) is 11.0 Å². The fourth-order valence-electron chi connectivity index (χ4n) is 1.93. The van der Waals surface area contributed by atoms with Gasteiger partial charge in [-0.1, -0.05) is 42.5 Å². The van der Waals surface area contributed by atoms with Gasteiger partial charge >= 0.3 is 0 Å². The van der Waals surface area contributed by atoms with Crippen LogP contribution < -0.4 is 5.32 Å². The SMILES string of the molecule is CN(C)C(=O)c1ccccc1NC(=O)C=Cc1ccccc1. The van der Waals surface area contributed by atoms with Gasteiger partial charge in [0.05, 0.1) is 11.3 Å². The van der Waals surface area contributed by atoms with Gasteiger partial charge in [-0.3, -0.25) is 9.59 Å². The molecule has 0 aromatic heterocycles. The van der Waals surface area contributed by atoms with E-state index < -0.39 is 0 Å². The number of carbonyl (C=O) groups excluding carboxylic acids is 2. The lowest BCUT2D eigenvalue weighted by atomic mass is 10.1. The lowest BCUT2D eigenvalue weighted by Crippen LogP contribution is -2.23. The molecule has 0 unspecified atom stereocenters. The zero-order chi connectivity index (χ0) is 15.9. The first-order valence-corrected chi connectivity index (χ1v) is 6.92. The average molecular weight is 294 g/mol. The summed E-state index contributed by atoms with van der Waals surface area (Å²) in [5.74, 6) is -0.425. The number of carbonyl (C=O) groups is 2. The van der Waals surface area contributed by atoms with Gasteiger partial charge in [0.2, 0.25) is 5.91 Å². The van der Waals surface area contributed by atoms with Crippen molar-refractivity contribution >= 4 is 23.6 Å². The molecule has 0 fully saturated rings. The van der Waals surface area contributed by atoms with E-state index in [0.717, 1.165) is 5.56 Å². The van der Waals surface area contributed by atoms with Crippen LogP contribution in [0.3, 0.4) is 0 Å². The summed E-state index contributed by atoms with van der Waals surface area (Å²) < 4.78 is 0. The summed E-state index contributed by atoms with van der Waals surface area (Å²) in [6.07, 6.45) is 3.18. The molecule has 0 aliphatic carbocycles. The number of hydrogen-bond acceptors (Lipinski definition) is 2. The molecule has 0 heterocycles. The van der Waals surface area contributed by atoms with Gasteiger partial charge in [0.25, 0.3) is 5.91 Å². The van der Waals surface area contributed by atoms with Crippen LogP contribution in [-0.4, -0.2) is 30.8 Å². The molecule has 0 saturated heterocycles. The van der Waals surface area contributed by atoms with Crippen LogP contribution >= 0.6 is 0 Å². The molecule has 0 aliphatic rings. The molecule has 0 saturated carbocycles. The Labute approximate surface area is 130 Å². The molecule has 2 aromatic carbocycles. The number of benzene rings is 2. The maximum Gasteiger partial charge on any atom is 0.255 e. The molecule has 22 heavy (non-hydrogen) atoms. The molecule has 0 spiro atoms. The first-order chi connectivity index (χ1) is 10.6. The van der Waals surface area contributed by atoms with Crippen molar-refractivity contribution < 1.29 is 9.59 Å². The van der Waals surface area contributed by atoms with Crippen LogP contribution in [0.5, 0.6) is 0 Å². The lowest BCUT2D eigenvalue weighted by molar-refractivity contribution is -0.111. The van der Waals surface area contributed by atoms with Gasteiger partial charge in [-0.25, -0.2) is 0 Å². The topological polar surface area (TPSA) is 49.4 Å². The quantitative estimate of drug-likeness (QED) is 0.881. The third kappa shape index (κ3) is 4.06. The van der Waals surface area contributed by atoms with Gasteiger partial charge in [-0.2, -0.15) is 0 Å². The Morgan fingerprint density at radius 1 is 0.955 bits per heavy atom. The second-order valence-corrected chi connectivity index (χ2v) is 4.98. The van der Waals surface area contributed by atoms with E-state index >= 15 is 0 Å². The normalized spacial score (nSPS) is 10.5. The van der Waals surface area contributed by atoms with Crippen LogP contribution in [-0.2, 0) is 4.79 Å². The molecule has 1 N–H and O–H groups in total. The highest BCUT2D eigenvalue weighted by molar-refractivity contribution is 6.07. The monoisotopic (exact) mass is 294 g/mol. The fraction of sp³-hybridized carbons (Fsp3) is 0.111. The van der Waals surface area contributed by atoms with E-state index in [4.69, 9.17) is 0 Å². The van der Waals surface area contributed by atoms with Gasteiger partial charge in [0, 0.05) is 20.2 Å². The fourth-order valence-corrected chi connectivity index (χ4v) is 1.93. The Balaban J connectivity index is 2.12. The van der Waals surface area contributed by atoms with Crippen molar-refractivity contribution in [3.63, 3.8) is 0 Å². The Kier molecular flexibility index (Phi) is 5.09. The number of rotatable bonds is 4. The molecule has 0 atom stereocenters. The summed E-state index contributed by atoms with van der Waals surface area (Å²) in [5.41, 5.74) is 1.91. The van der Waals surface area contributed by atoms with Crippen molar-refractivity contribution in [2.45, 2.75) is 0 Å². The maximum absolute atomic E-state index is 12.1.